The molecular weight excluding hydrogens is 1520 g/mol. The molecule has 0 aliphatic rings. The van der Waals surface area contributed by atoms with Crippen LogP contribution in [0, 0.1) is 13.8 Å². The van der Waals surface area contributed by atoms with Gasteiger partial charge in [0.2, 0.25) is 0 Å². The van der Waals surface area contributed by atoms with Gasteiger partial charge in [-0.3, -0.25) is 33.6 Å². The van der Waals surface area contributed by atoms with Gasteiger partial charge in [-0.15, -0.1) is 6.05 Å². The second-order valence-electron chi connectivity index (χ2n) is 26.5. The lowest BCUT2D eigenvalue weighted by Gasteiger charge is -2.15. The Labute approximate surface area is 672 Å². The lowest BCUT2D eigenvalue weighted by atomic mass is 9.95. The smallest absolute Gasteiger partial charge is 0.145 e. The van der Waals surface area contributed by atoms with E-state index >= 15 is 0 Å². The van der Waals surface area contributed by atoms with Crippen molar-refractivity contribution in [2.75, 3.05) is 0 Å². The molecule has 3 radical (unpaired) electrons. The number of nitrogens with zero attached hydrogens (tertiary/aromatic N) is 10. The predicted octanol–water partition coefficient (Wildman–Crippen LogP) is 25.8. The minimum absolute atomic E-state index is 0. The number of pyridine rings is 4. The third-order valence-corrected chi connectivity index (χ3v) is 19.4. The summed E-state index contributed by atoms with van der Waals surface area (Å²) in [5.41, 5.74) is 27.3. The molecule has 20 rings (SSSR count). The van der Waals surface area contributed by atoms with Gasteiger partial charge in [0.25, 0.3) is 0 Å². The molecule has 112 heavy (non-hydrogen) atoms. The van der Waals surface area contributed by atoms with Gasteiger partial charge < -0.3 is 0 Å². The fourth-order valence-corrected chi connectivity index (χ4v) is 14.7. The van der Waals surface area contributed by atoms with Crippen molar-refractivity contribution in [3.63, 3.8) is 0 Å². The molecule has 0 spiro atoms. The summed E-state index contributed by atoms with van der Waals surface area (Å²) in [4.78, 5) is 35.0. The topological polar surface area (TPSA) is 105 Å². The number of hydrogen-bond donors (Lipinski definition) is 0. The monoisotopic (exact) mass is 1590 g/mol. The Bertz CT molecular complexity index is 6170. The largest absolute Gasteiger partial charge is 0.292 e. The molecule has 2 atom stereocenters. The summed E-state index contributed by atoms with van der Waals surface area (Å²) in [6.07, 6.45) is 3.75. The number of fused-ring (bicyclic) bond motifs is 9. The highest BCUT2D eigenvalue weighted by molar-refractivity contribution is 14.2. The molecule has 7 heterocycles. The van der Waals surface area contributed by atoms with E-state index in [1.165, 1.54) is 44.5 Å². The summed E-state index contributed by atoms with van der Waals surface area (Å²) >= 11 is 1.85. The van der Waals surface area contributed by atoms with Crippen molar-refractivity contribution in [1.29, 1.82) is 1.28 Å². The first-order valence-electron chi connectivity index (χ1n) is 37.1. The van der Waals surface area contributed by atoms with Crippen molar-refractivity contribution < 1.29 is 0 Å². The molecular formula is C97H76B2IN10P2. The summed E-state index contributed by atoms with van der Waals surface area (Å²) in [5, 5.41) is 4.54. The fraction of sp³-hybridized carbons (Fsp3) is 0.0412. The molecule has 0 N–H and O–H groups in total. The fourth-order valence-electron chi connectivity index (χ4n) is 14.7. The highest BCUT2D eigenvalue weighted by Gasteiger charge is 2.24. The van der Waals surface area contributed by atoms with Gasteiger partial charge in [-0.2, -0.15) is 9.12 Å². The van der Waals surface area contributed by atoms with Crippen molar-refractivity contribution in [1.82, 2.24) is 48.6 Å². The van der Waals surface area contributed by atoms with Gasteiger partial charge in [0.15, 0.2) is 0 Å². The molecule has 0 amide bonds. The molecule has 7 aromatic heterocycles. The van der Waals surface area contributed by atoms with Crippen LogP contribution in [0.4, 0.5) is 0 Å². The zero-order valence-corrected chi connectivity index (χ0v) is 65.4. The van der Waals surface area contributed by atoms with Crippen LogP contribution in [-0.4, -0.2) is 64.4 Å². The Hall–Kier alpha value is -12.4. The Morgan fingerprint density at radius 1 is 0.321 bits per heavy atom. The van der Waals surface area contributed by atoms with Gasteiger partial charge in [-0.25, -0.2) is 15.0 Å². The van der Waals surface area contributed by atoms with E-state index in [2.05, 4.69) is 338 Å². The quantitative estimate of drug-likeness (QED) is 0.0581. The normalized spacial score (nSPS) is 11.3. The number of halogens is 1. The number of para-hydroxylation sites is 9. The summed E-state index contributed by atoms with van der Waals surface area (Å²) in [6.45, 7) is 7.99. The molecule has 0 fully saturated rings. The third kappa shape index (κ3) is 15.5. The predicted molar refractivity (Wildman–Crippen MR) is 488 cm³/mol. The molecule has 0 aliphatic heterocycles. The summed E-state index contributed by atoms with van der Waals surface area (Å²) in [5.74, 6) is 2.53. The lowest BCUT2D eigenvalue weighted by molar-refractivity contribution is 1.09. The van der Waals surface area contributed by atoms with Crippen LogP contribution < -0.4 is 0 Å². The van der Waals surface area contributed by atoms with Crippen LogP contribution in [0.25, 0.3) is 172 Å². The number of benzene rings is 13. The second-order valence-corrected chi connectivity index (χ2v) is 29.1. The zero-order valence-electron chi connectivity index (χ0n) is 62.2. The van der Waals surface area contributed by atoms with Crippen molar-refractivity contribution in [3.8, 4) is 95.7 Å². The molecule has 0 saturated heterocycles. The van der Waals surface area contributed by atoms with Gasteiger partial charge in [0.1, 0.15) is 32.0 Å². The van der Waals surface area contributed by atoms with E-state index in [4.69, 9.17) is 33.8 Å². The highest BCUT2D eigenvalue weighted by atomic mass is 127. The van der Waals surface area contributed by atoms with E-state index in [0.29, 0.717) is 0 Å². The van der Waals surface area contributed by atoms with Crippen LogP contribution >= 0.6 is 37.2 Å². The molecule has 13 aromatic carbocycles. The van der Waals surface area contributed by atoms with E-state index in [1.54, 1.807) is 0 Å². The standard InChI is InChI=1S/C45H30N6.C26H20N2.C24H16N2.CH5BP.CH4.BHIP/c1-4-16-34(17-5-1)49-40-25-13-10-22-37(40)46-43(49)31-28-32(44-47-38-23-11-14-26-41(38)50(44)35-18-6-2-7-19-35)30-33(29-31)45-48-39-24-12-15-27-42(39)51(45)36-20-8-3-9-21-36;1-17-15-23(19-9-5-3-6-10-19)21-13-14-22-24(20-11-7-4-8-12-20)16-18(2)28-26(22)25(21)27-17;1-3-7-17(8-4-1)19-13-15-25-23-21(19)11-12-22-20(14-16-26-24(22)23)18-9-5-2-6-10-18;1-2-3;;1-3-2/h1-30H;3-16H,1-2H3;1-16H;3H2,1H3;1H4;3H/i;;;;;3T. The third-order valence-electron chi connectivity index (χ3n) is 19.4. The maximum atomic E-state index is 6.41. The second kappa shape index (κ2) is 34.7. The number of aromatic nitrogens is 10. The zero-order chi connectivity index (χ0) is 76.4. The first-order valence-corrected chi connectivity index (χ1v) is 41.0. The molecule has 0 aliphatic carbocycles. The van der Waals surface area contributed by atoms with Crippen LogP contribution in [0.5, 0.6) is 0 Å². The maximum Gasteiger partial charge on any atom is 0.145 e. The average molecular weight is 1590 g/mol. The van der Waals surface area contributed by atoms with Gasteiger partial charge in [-0.05, 0) is 174 Å². The Kier molecular flexibility index (Phi) is 22.8. The van der Waals surface area contributed by atoms with Gasteiger partial charge in [0.05, 0.1) is 56.4 Å². The summed E-state index contributed by atoms with van der Waals surface area (Å²) in [7, 11) is 7.28. The van der Waals surface area contributed by atoms with E-state index in [1.807, 2.05) is 109 Å². The maximum absolute atomic E-state index is 6.41. The molecule has 2 unspecified atom stereocenters. The molecule has 0 bridgehead atoms. The molecule has 537 valence electrons. The van der Waals surface area contributed by atoms with Crippen molar-refractivity contribution in [2.45, 2.75) is 28.1 Å². The van der Waals surface area contributed by atoms with Gasteiger partial charge in [0, 0.05) is 79.1 Å². The average Bonchev–Trinajstić information content (AvgIpc) is 0.796. The molecule has 15 heteroatoms. The lowest BCUT2D eigenvalue weighted by Crippen LogP contribution is -2.02. The Morgan fingerprint density at radius 2 is 0.562 bits per heavy atom. The van der Waals surface area contributed by atoms with Crippen LogP contribution in [0.2, 0.25) is 6.82 Å². The van der Waals surface area contributed by atoms with E-state index in [0.717, 1.165) is 139 Å². The minimum Gasteiger partial charge on any atom is -0.292 e. The SMILES string of the molecule is C.C[B]P.Cc1cc(-c2ccccc2)c2ccc3c(-c4ccccc4)cc(C)nc3c2n1.[3H]P([B])I.c1ccc(-c2ccnc3c2ccc2c(-c4ccccc4)ccnc23)cc1.c1ccc(-n2c(-c3cc(-c4nc5ccccc5n4-c4ccccc4)cc(-c4nc5ccccc5n4-c4ccccc4)c3)nc3ccccc32)cc1. The summed E-state index contributed by atoms with van der Waals surface area (Å²) < 4.78 is 13.2. The Balaban J connectivity index is 0.000000138. The van der Waals surface area contributed by atoms with Crippen molar-refractivity contribution in [2.24, 2.45) is 0 Å². The van der Waals surface area contributed by atoms with E-state index < -0.39 is 6.05 Å². The number of imidazole rings is 3. The van der Waals surface area contributed by atoms with Gasteiger partial charge in [-0.1, -0.05) is 273 Å². The van der Waals surface area contributed by atoms with Crippen LogP contribution in [-0.2, 0) is 0 Å². The Morgan fingerprint density at radius 3 is 0.848 bits per heavy atom. The van der Waals surface area contributed by atoms with Gasteiger partial charge >= 0.3 is 0 Å². The van der Waals surface area contributed by atoms with Crippen molar-refractivity contribution in [3.05, 3.63) is 376 Å². The number of aryl methyl sites for hydroxylation is 2. The molecule has 0 saturated carbocycles. The first-order chi connectivity index (χ1) is 55.1. The first kappa shape index (κ1) is 73.8. The highest BCUT2D eigenvalue weighted by Crippen LogP contribution is 2.42. The minimum atomic E-state index is -0.900. The molecule has 10 nitrogen and oxygen atoms in total. The van der Waals surface area contributed by atoms with Crippen LogP contribution in [0.3, 0.4) is 0 Å². The van der Waals surface area contributed by atoms with Crippen LogP contribution in [0.1, 0.15) is 18.8 Å². The summed E-state index contributed by atoms with van der Waals surface area (Å²) in [6, 6.07) is 121. The van der Waals surface area contributed by atoms with E-state index in [-0.39, 0.29) is 7.43 Å². The number of hydrogen-bond acceptors (Lipinski definition) is 7. The van der Waals surface area contributed by atoms with Crippen LogP contribution in [0.15, 0.2) is 364 Å². The molecule has 20 aromatic rings. The number of rotatable bonds is 10. The van der Waals surface area contributed by atoms with E-state index in [9.17, 15) is 0 Å². The van der Waals surface area contributed by atoms with Crippen molar-refractivity contribution >= 4 is 128 Å².